The number of fused-ring (bicyclic) bond motifs is 1. The SMILES string of the molecule is O=C(Nc1ccc2[nH]ncc2c1)C1CCN(C(=O)C(O)c2ccc(F)cc2)CC1. The van der Waals surface area contributed by atoms with Crippen LogP contribution in [0, 0.1) is 11.7 Å². The van der Waals surface area contributed by atoms with Gasteiger partial charge in [0, 0.05) is 30.1 Å². The molecule has 1 aliphatic rings. The predicted molar refractivity (Wildman–Crippen MR) is 105 cm³/mol. The molecule has 2 aromatic carbocycles. The average molecular weight is 396 g/mol. The Morgan fingerprint density at radius 1 is 1.17 bits per heavy atom. The molecule has 1 aliphatic heterocycles. The van der Waals surface area contributed by atoms with Gasteiger partial charge in [-0.05, 0) is 48.7 Å². The number of carbonyl (C=O) groups excluding carboxylic acids is 2. The van der Waals surface area contributed by atoms with Gasteiger partial charge in [0.2, 0.25) is 5.91 Å². The molecule has 3 aromatic rings. The Labute approximate surface area is 166 Å². The topological polar surface area (TPSA) is 98.3 Å². The number of aliphatic hydroxyl groups is 1. The third kappa shape index (κ3) is 4.12. The van der Waals surface area contributed by atoms with Gasteiger partial charge in [-0.2, -0.15) is 5.10 Å². The molecular formula is C21H21FN4O3. The molecule has 1 aromatic heterocycles. The number of aromatic nitrogens is 2. The van der Waals surface area contributed by atoms with Crippen molar-refractivity contribution in [1.82, 2.24) is 15.1 Å². The number of nitrogens with one attached hydrogen (secondary N) is 2. The zero-order valence-electron chi connectivity index (χ0n) is 15.6. The minimum absolute atomic E-state index is 0.0842. The number of rotatable bonds is 4. The van der Waals surface area contributed by atoms with E-state index in [-0.39, 0.29) is 11.8 Å². The van der Waals surface area contributed by atoms with Crippen LogP contribution in [0.4, 0.5) is 10.1 Å². The largest absolute Gasteiger partial charge is 0.378 e. The molecule has 3 N–H and O–H groups in total. The molecule has 0 saturated carbocycles. The van der Waals surface area contributed by atoms with Gasteiger partial charge in [0.25, 0.3) is 5.91 Å². The molecule has 7 nitrogen and oxygen atoms in total. The van der Waals surface area contributed by atoms with E-state index in [0.717, 1.165) is 10.9 Å². The molecule has 29 heavy (non-hydrogen) atoms. The van der Waals surface area contributed by atoms with Crippen LogP contribution in [-0.4, -0.2) is 45.1 Å². The Balaban J connectivity index is 1.32. The highest BCUT2D eigenvalue weighted by atomic mass is 19.1. The number of likely N-dealkylation sites (tertiary alicyclic amines) is 1. The Kier molecular flexibility index (Phi) is 5.26. The molecule has 0 bridgehead atoms. The summed E-state index contributed by atoms with van der Waals surface area (Å²) in [6.07, 6.45) is 1.40. The number of hydrogen-bond donors (Lipinski definition) is 3. The normalized spacial score (nSPS) is 16.0. The maximum Gasteiger partial charge on any atom is 0.256 e. The predicted octanol–water partition coefficient (Wildman–Crippen LogP) is 2.61. The van der Waals surface area contributed by atoms with Crippen LogP contribution in [0.15, 0.2) is 48.7 Å². The summed E-state index contributed by atoms with van der Waals surface area (Å²) in [6, 6.07) is 10.7. The van der Waals surface area contributed by atoms with E-state index >= 15 is 0 Å². The number of benzene rings is 2. The monoisotopic (exact) mass is 396 g/mol. The van der Waals surface area contributed by atoms with Crippen LogP contribution in [-0.2, 0) is 9.59 Å². The Morgan fingerprint density at radius 2 is 1.90 bits per heavy atom. The molecule has 8 heteroatoms. The van der Waals surface area contributed by atoms with Gasteiger partial charge in [0.1, 0.15) is 5.82 Å². The number of carbonyl (C=O) groups is 2. The van der Waals surface area contributed by atoms with Gasteiger partial charge in [0.05, 0.1) is 11.7 Å². The fourth-order valence-electron chi connectivity index (χ4n) is 3.59. The number of H-pyrrole nitrogens is 1. The summed E-state index contributed by atoms with van der Waals surface area (Å²) < 4.78 is 13.0. The number of piperidine rings is 1. The zero-order valence-corrected chi connectivity index (χ0v) is 15.6. The Hall–Kier alpha value is -3.26. The average Bonchev–Trinajstić information content (AvgIpc) is 3.21. The summed E-state index contributed by atoms with van der Waals surface area (Å²) in [5.41, 5.74) is 1.95. The second-order valence-corrected chi connectivity index (χ2v) is 7.21. The van der Waals surface area contributed by atoms with Crippen molar-refractivity contribution in [2.45, 2.75) is 18.9 Å². The molecule has 1 fully saturated rings. The molecule has 1 unspecified atom stereocenters. The van der Waals surface area contributed by atoms with E-state index in [4.69, 9.17) is 0 Å². The van der Waals surface area contributed by atoms with Gasteiger partial charge in [0.15, 0.2) is 6.10 Å². The third-order valence-corrected chi connectivity index (χ3v) is 5.30. The van der Waals surface area contributed by atoms with Gasteiger partial charge < -0.3 is 15.3 Å². The molecule has 1 saturated heterocycles. The van der Waals surface area contributed by atoms with Crippen LogP contribution in [0.1, 0.15) is 24.5 Å². The van der Waals surface area contributed by atoms with Gasteiger partial charge >= 0.3 is 0 Å². The quantitative estimate of drug-likeness (QED) is 0.631. The van der Waals surface area contributed by atoms with Crippen molar-refractivity contribution in [2.24, 2.45) is 5.92 Å². The van der Waals surface area contributed by atoms with Gasteiger partial charge in [-0.15, -0.1) is 0 Å². The van der Waals surface area contributed by atoms with E-state index in [9.17, 15) is 19.1 Å². The minimum Gasteiger partial charge on any atom is -0.378 e. The van der Waals surface area contributed by atoms with Crippen LogP contribution < -0.4 is 5.32 Å². The second kappa shape index (κ2) is 8.00. The van der Waals surface area contributed by atoms with Crippen LogP contribution >= 0.6 is 0 Å². The summed E-state index contributed by atoms with van der Waals surface area (Å²) in [5.74, 6) is -1.14. The zero-order chi connectivity index (χ0) is 20.4. The van der Waals surface area contributed by atoms with E-state index < -0.39 is 17.8 Å². The first-order valence-electron chi connectivity index (χ1n) is 9.47. The van der Waals surface area contributed by atoms with E-state index in [2.05, 4.69) is 15.5 Å². The molecular weight excluding hydrogens is 375 g/mol. The third-order valence-electron chi connectivity index (χ3n) is 5.30. The number of aliphatic hydroxyl groups excluding tert-OH is 1. The van der Waals surface area contributed by atoms with Crippen molar-refractivity contribution < 1.29 is 19.1 Å². The lowest BCUT2D eigenvalue weighted by atomic mass is 9.95. The standard InChI is InChI=1S/C21H21FN4O3/c22-16-3-1-13(2-4-16)19(27)21(29)26-9-7-14(8-10-26)20(28)24-17-5-6-18-15(11-17)12-23-25-18/h1-6,11-12,14,19,27H,7-10H2,(H,23,25)(H,24,28). The Bertz CT molecular complexity index is 1030. The molecule has 0 radical (unpaired) electrons. The highest BCUT2D eigenvalue weighted by Crippen LogP contribution is 2.24. The van der Waals surface area contributed by atoms with Crippen LogP contribution in [0.25, 0.3) is 10.9 Å². The van der Waals surface area contributed by atoms with E-state index in [0.29, 0.717) is 37.2 Å². The summed E-state index contributed by atoms with van der Waals surface area (Å²) in [6.45, 7) is 0.770. The first kappa shape index (κ1) is 19.1. The molecule has 4 rings (SSSR count). The first-order valence-corrected chi connectivity index (χ1v) is 9.47. The Morgan fingerprint density at radius 3 is 2.62 bits per heavy atom. The number of amides is 2. The smallest absolute Gasteiger partial charge is 0.256 e. The lowest BCUT2D eigenvalue weighted by Gasteiger charge is -2.32. The van der Waals surface area contributed by atoms with Crippen molar-refractivity contribution in [3.63, 3.8) is 0 Å². The van der Waals surface area contributed by atoms with Crippen molar-refractivity contribution in [1.29, 1.82) is 0 Å². The van der Waals surface area contributed by atoms with Crippen molar-refractivity contribution in [3.05, 3.63) is 60.0 Å². The molecule has 1 atom stereocenters. The molecule has 0 aliphatic carbocycles. The van der Waals surface area contributed by atoms with E-state index in [1.165, 1.54) is 24.3 Å². The number of aromatic amines is 1. The fraction of sp³-hybridized carbons (Fsp3) is 0.286. The number of halogens is 1. The van der Waals surface area contributed by atoms with Crippen LogP contribution in [0.2, 0.25) is 0 Å². The maximum absolute atomic E-state index is 13.0. The van der Waals surface area contributed by atoms with Gasteiger partial charge in [-0.25, -0.2) is 4.39 Å². The first-order chi connectivity index (χ1) is 14.0. The second-order valence-electron chi connectivity index (χ2n) is 7.21. The van der Waals surface area contributed by atoms with Crippen molar-refractivity contribution in [2.75, 3.05) is 18.4 Å². The van der Waals surface area contributed by atoms with Crippen LogP contribution in [0.3, 0.4) is 0 Å². The molecule has 150 valence electrons. The lowest BCUT2D eigenvalue weighted by molar-refractivity contribution is -0.143. The number of hydrogen-bond acceptors (Lipinski definition) is 4. The summed E-state index contributed by atoms with van der Waals surface area (Å²) in [4.78, 5) is 26.7. The lowest BCUT2D eigenvalue weighted by Crippen LogP contribution is -2.43. The minimum atomic E-state index is -1.33. The van der Waals surface area contributed by atoms with Crippen molar-refractivity contribution >= 4 is 28.4 Å². The van der Waals surface area contributed by atoms with Crippen molar-refractivity contribution in [3.8, 4) is 0 Å². The highest BCUT2D eigenvalue weighted by molar-refractivity contribution is 5.95. The van der Waals surface area contributed by atoms with Gasteiger partial charge in [-0.3, -0.25) is 14.7 Å². The number of nitrogens with zero attached hydrogens (tertiary/aromatic N) is 2. The van der Waals surface area contributed by atoms with E-state index in [1.54, 1.807) is 11.1 Å². The number of anilines is 1. The summed E-state index contributed by atoms with van der Waals surface area (Å²) >= 11 is 0. The van der Waals surface area contributed by atoms with Crippen LogP contribution in [0.5, 0.6) is 0 Å². The molecule has 0 spiro atoms. The maximum atomic E-state index is 13.0. The van der Waals surface area contributed by atoms with Gasteiger partial charge in [-0.1, -0.05) is 12.1 Å². The highest BCUT2D eigenvalue weighted by Gasteiger charge is 2.30. The molecule has 2 heterocycles. The fourth-order valence-corrected chi connectivity index (χ4v) is 3.59. The summed E-state index contributed by atoms with van der Waals surface area (Å²) in [7, 11) is 0. The van der Waals surface area contributed by atoms with E-state index in [1.807, 2.05) is 18.2 Å². The molecule has 2 amide bonds. The summed E-state index contributed by atoms with van der Waals surface area (Å²) in [5, 5.41) is 20.9.